The molecule has 0 amide bonds. The maximum absolute atomic E-state index is 12.9. The van der Waals surface area contributed by atoms with Gasteiger partial charge in [0.05, 0.1) is 23.4 Å². The van der Waals surface area contributed by atoms with Gasteiger partial charge in [0.1, 0.15) is 6.54 Å². The molecule has 3 aromatic heterocycles. The fourth-order valence-electron chi connectivity index (χ4n) is 4.77. The standard InChI is InChI=1S/C22H19ClN6O2/c1-12-6-24-7-17-19(12)22(30)29(11-25-17)10-18-26-21(27-31-18)20-15-8-28(9-16(15)20)14-4-2-3-13(23)5-14/h2-7,11,15-16,20H,8-10H2,1H3/t15-,16+,20?. The quantitative estimate of drug-likeness (QED) is 0.487. The summed E-state index contributed by atoms with van der Waals surface area (Å²) in [6.07, 6.45) is 4.76. The average molecular weight is 435 g/mol. The number of hydrogen-bond donors (Lipinski definition) is 0. The van der Waals surface area contributed by atoms with E-state index in [0.29, 0.717) is 34.5 Å². The van der Waals surface area contributed by atoms with Gasteiger partial charge in [0.25, 0.3) is 5.56 Å². The van der Waals surface area contributed by atoms with Crippen LogP contribution in [0.3, 0.4) is 0 Å². The lowest BCUT2D eigenvalue weighted by Gasteiger charge is -2.21. The number of fused-ring (bicyclic) bond motifs is 2. The first-order valence-electron chi connectivity index (χ1n) is 10.2. The third-order valence-electron chi connectivity index (χ3n) is 6.38. The smallest absolute Gasteiger partial charge is 0.262 e. The summed E-state index contributed by atoms with van der Waals surface area (Å²) in [5.74, 6) is 2.50. The van der Waals surface area contributed by atoms with Crippen molar-refractivity contribution in [3.8, 4) is 0 Å². The molecule has 1 aliphatic carbocycles. The van der Waals surface area contributed by atoms with Crippen LogP contribution >= 0.6 is 11.6 Å². The number of nitrogens with zero attached hydrogens (tertiary/aromatic N) is 6. The van der Waals surface area contributed by atoms with Crippen LogP contribution in [0.25, 0.3) is 10.9 Å². The third-order valence-corrected chi connectivity index (χ3v) is 6.62. The van der Waals surface area contributed by atoms with E-state index in [9.17, 15) is 4.79 Å². The largest absolute Gasteiger partial charge is 0.371 e. The number of piperidine rings is 1. The third kappa shape index (κ3) is 3.09. The zero-order valence-corrected chi connectivity index (χ0v) is 17.5. The Bertz CT molecular complexity index is 1350. The van der Waals surface area contributed by atoms with Gasteiger partial charge in [-0.25, -0.2) is 4.98 Å². The Labute approximate surface area is 182 Å². The van der Waals surface area contributed by atoms with Crippen LogP contribution in [0.2, 0.25) is 5.02 Å². The molecule has 1 unspecified atom stereocenters. The highest BCUT2D eigenvalue weighted by Crippen LogP contribution is 2.57. The Morgan fingerprint density at radius 1 is 1.23 bits per heavy atom. The van der Waals surface area contributed by atoms with Crippen molar-refractivity contribution < 1.29 is 4.52 Å². The molecule has 9 heteroatoms. The van der Waals surface area contributed by atoms with Crippen LogP contribution in [0.15, 0.2) is 52.3 Å². The van der Waals surface area contributed by atoms with Crippen molar-refractivity contribution in [2.24, 2.45) is 11.8 Å². The van der Waals surface area contributed by atoms with Gasteiger partial charge in [0.15, 0.2) is 5.82 Å². The normalized spacial score (nSPS) is 22.1. The topological polar surface area (TPSA) is 89.9 Å². The number of anilines is 1. The molecule has 8 nitrogen and oxygen atoms in total. The first-order chi connectivity index (χ1) is 15.1. The minimum Gasteiger partial charge on any atom is -0.371 e. The summed E-state index contributed by atoms with van der Waals surface area (Å²) in [6.45, 7) is 3.97. The summed E-state index contributed by atoms with van der Waals surface area (Å²) in [5.41, 5.74) is 2.40. The lowest BCUT2D eigenvalue weighted by molar-refractivity contribution is 0.363. The summed E-state index contributed by atoms with van der Waals surface area (Å²) < 4.78 is 6.97. The maximum Gasteiger partial charge on any atom is 0.262 e. The molecule has 4 aromatic rings. The minimum absolute atomic E-state index is 0.134. The van der Waals surface area contributed by atoms with E-state index in [0.717, 1.165) is 35.2 Å². The van der Waals surface area contributed by atoms with E-state index in [-0.39, 0.29) is 12.1 Å². The van der Waals surface area contributed by atoms with E-state index in [2.05, 4.69) is 31.1 Å². The van der Waals surface area contributed by atoms with E-state index in [4.69, 9.17) is 16.1 Å². The van der Waals surface area contributed by atoms with Crippen molar-refractivity contribution >= 4 is 28.2 Å². The Morgan fingerprint density at radius 3 is 2.87 bits per heavy atom. The second kappa shape index (κ2) is 6.88. The highest BCUT2D eigenvalue weighted by atomic mass is 35.5. The highest BCUT2D eigenvalue weighted by Gasteiger charge is 2.58. The van der Waals surface area contributed by atoms with Gasteiger partial charge < -0.3 is 9.42 Å². The van der Waals surface area contributed by atoms with Crippen molar-refractivity contribution in [3.05, 3.63) is 75.6 Å². The molecule has 2 aliphatic rings. The van der Waals surface area contributed by atoms with Crippen LogP contribution in [0.4, 0.5) is 5.69 Å². The summed E-state index contributed by atoms with van der Waals surface area (Å²) in [5, 5.41) is 5.52. The van der Waals surface area contributed by atoms with E-state index < -0.39 is 0 Å². The summed E-state index contributed by atoms with van der Waals surface area (Å²) in [4.78, 5) is 28.2. The SMILES string of the molecule is Cc1cncc2ncn(Cc3nc(C4[C@H]5CN(c6cccc(Cl)c6)C[C@@H]45)no3)c(=O)c12. The van der Waals surface area contributed by atoms with Crippen molar-refractivity contribution in [3.63, 3.8) is 0 Å². The molecule has 2 fully saturated rings. The van der Waals surface area contributed by atoms with Gasteiger partial charge in [0.2, 0.25) is 5.89 Å². The van der Waals surface area contributed by atoms with Gasteiger partial charge in [-0.1, -0.05) is 22.8 Å². The van der Waals surface area contributed by atoms with Crippen LogP contribution in [0, 0.1) is 18.8 Å². The number of pyridine rings is 1. The van der Waals surface area contributed by atoms with Gasteiger partial charge >= 0.3 is 0 Å². The molecule has 4 heterocycles. The van der Waals surface area contributed by atoms with Gasteiger partial charge in [-0.05, 0) is 42.5 Å². The van der Waals surface area contributed by atoms with Crippen LogP contribution in [0.5, 0.6) is 0 Å². The van der Waals surface area contributed by atoms with E-state index in [1.54, 1.807) is 12.4 Å². The molecular weight excluding hydrogens is 416 g/mol. The molecule has 1 aromatic carbocycles. The molecule has 0 spiro atoms. The molecule has 31 heavy (non-hydrogen) atoms. The first-order valence-corrected chi connectivity index (χ1v) is 10.6. The van der Waals surface area contributed by atoms with Crippen molar-refractivity contribution in [1.29, 1.82) is 0 Å². The van der Waals surface area contributed by atoms with Crippen LogP contribution in [-0.2, 0) is 6.54 Å². The monoisotopic (exact) mass is 434 g/mol. The molecule has 0 bridgehead atoms. The maximum atomic E-state index is 12.9. The fourth-order valence-corrected chi connectivity index (χ4v) is 4.96. The number of benzene rings is 1. The number of aromatic nitrogens is 5. The van der Waals surface area contributed by atoms with E-state index >= 15 is 0 Å². The number of halogens is 1. The molecule has 3 atom stereocenters. The van der Waals surface area contributed by atoms with Gasteiger partial charge in [-0.3, -0.25) is 14.3 Å². The molecule has 1 saturated carbocycles. The second-order valence-electron chi connectivity index (χ2n) is 8.31. The molecule has 0 N–H and O–H groups in total. The first kappa shape index (κ1) is 18.5. The predicted octanol–water partition coefficient (Wildman–Crippen LogP) is 3.03. The zero-order valence-electron chi connectivity index (χ0n) is 16.8. The molecule has 1 aliphatic heterocycles. The second-order valence-corrected chi connectivity index (χ2v) is 8.75. The Kier molecular flexibility index (Phi) is 4.11. The molecular formula is C22H19ClN6O2. The lowest BCUT2D eigenvalue weighted by atomic mass is 10.2. The Balaban J connectivity index is 1.18. The van der Waals surface area contributed by atoms with Crippen LogP contribution in [0.1, 0.15) is 23.2 Å². The fraction of sp³-hybridized carbons (Fsp3) is 0.318. The minimum atomic E-state index is -0.134. The summed E-state index contributed by atoms with van der Waals surface area (Å²) in [6, 6.07) is 7.96. The highest BCUT2D eigenvalue weighted by molar-refractivity contribution is 6.30. The molecule has 156 valence electrons. The van der Waals surface area contributed by atoms with Crippen LogP contribution < -0.4 is 10.5 Å². The molecule has 6 rings (SSSR count). The number of hydrogen-bond acceptors (Lipinski definition) is 7. The summed E-state index contributed by atoms with van der Waals surface area (Å²) >= 11 is 6.13. The van der Waals surface area contributed by atoms with Crippen molar-refractivity contribution in [1.82, 2.24) is 24.7 Å². The Hall–Kier alpha value is -3.26. The van der Waals surface area contributed by atoms with Crippen molar-refractivity contribution in [2.45, 2.75) is 19.4 Å². The van der Waals surface area contributed by atoms with E-state index in [1.807, 2.05) is 25.1 Å². The number of aryl methyl sites for hydroxylation is 1. The van der Waals surface area contributed by atoms with Gasteiger partial charge in [0, 0.05) is 35.9 Å². The van der Waals surface area contributed by atoms with Gasteiger partial charge in [-0.15, -0.1) is 0 Å². The predicted molar refractivity (Wildman–Crippen MR) is 115 cm³/mol. The van der Waals surface area contributed by atoms with Crippen molar-refractivity contribution in [2.75, 3.05) is 18.0 Å². The molecule has 0 radical (unpaired) electrons. The zero-order chi connectivity index (χ0) is 21.1. The molecule has 1 saturated heterocycles. The average Bonchev–Trinajstić information content (AvgIpc) is 3.09. The summed E-state index contributed by atoms with van der Waals surface area (Å²) in [7, 11) is 0. The van der Waals surface area contributed by atoms with E-state index in [1.165, 1.54) is 10.9 Å². The van der Waals surface area contributed by atoms with Gasteiger partial charge in [-0.2, -0.15) is 4.98 Å². The Morgan fingerprint density at radius 2 is 2.06 bits per heavy atom. The van der Waals surface area contributed by atoms with Crippen LogP contribution in [-0.4, -0.2) is 37.8 Å². The lowest BCUT2D eigenvalue weighted by Crippen LogP contribution is -2.23. The number of rotatable bonds is 4.